The van der Waals surface area contributed by atoms with Crippen molar-refractivity contribution in [2.75, 3.05) is 30.4 Å². The minimum atomic E-state index is -0.718. The highest BCUT2D eigenvalue weighted by molar-refractivity contribution is 5.89. The fraction of sp³-hybridized carbons (Fsp3) is 0.350. The Morgan fingerprint density at radius 3 is 2.88 bits per heavy atom. The van der Waals surface area contributed by atoms with E-state index in [0.717, 1.165) is 36.2 Å². The molecule has 1 atom stereocenters. The van der Waals surface area contributed by atoms with Gasteiger partial charge in [-0.1, -0.05) is 24.3 Å². The highest BCUT2D eigenvalue weighted by Gasteiger charge is 2.15. The molecule has 1 unspecified atom stereocenters. The summed E-state index contributed by atoms with van der Waals surface area (Å²) in [5, 5.41) is 15.8. The molecule has 0 aromatic heterocycles. The number of urea groups is 1. The molecule has 1 aliphatic rings. The van der Waals surface area contributed by atoms with Gasteiger partial charge in [-0.15, -0.1) is 0 Å². The van der Waals surface area contributed by atoms with Gasteiger partial charge in [0, 0.05) is 31.5 Å². The van der Waals surface area contributed by atoms with E-state index in [-0.39, 0.29) is 12.6 Å². The van der Waals surface area contributed by atoms with E-state index in [9.17, 15) is 9.90 Å². The van der Waals surface area contributed by atoms with E-state index in [1.54, 1.807) is 0 Å². The number of hydrogen-bond acceptors (Lipinski definition) is 3. The predicted molar refractivity (Wildman–Crippen MR) is 101 cm³/mol. The number of aliphatic hydroxyl groups excluding tert-OH is 1. The van der Waals surface area contributed by atoms with Crippen LogP contribution in [0.15, 0.2) is 42.5 Å². The van der Waals surface area contributed by atoms with Gasteiger partial charge in [-0.25, -0.2) is 4.79 Å². The zero-order valence-electron chi connectivity index (χ0n) is 14.7. The Balaban J connectivity index is 1.57. The number of nitrogens with one attached hydrogen (secondary N) is 2. The number of nitrogens with zero attached hydrogens (tertiary/aromatic N) is 1. The monoisotopic (exact) mass is 339 g/mol. The molecule has 0 saturated carbocycles. The van der Waals surface area contributed by atoms with Crippen molar-refractivity contribution in [3.8, 4) is 0 Å². The number of rotatable bonds is 4. The Morgan fingerprint density at radius 2 is 2.08 bits per heavy atom. The number of benzene rings is 2. The van der Waals surface area contributed by atoms with Gasteiger partial charge in [0.1, 0.15) is 0 Å². The number of hydrogen-bond donors (Lipinski definition) is 3. The molecule has 0 fully saturated rings. The first-order valence-corrected chi connectivity index (χ1v) is 8.67. The van der Waals surface area contributed by atoms with Gasteiger partial charge in [-0.05, 0) is 54.7 Å². The minimum Gasteiger partial charge on any atom is -0.387 e. The van der Waals surface area contributed by atoms with Crippen molar-refractivity contribution in [1.82, 2.24) is 5.32 Å². The molecule has 2 amide bonds. The number of carbonyl (C=O) groups excluding carboxylic acids is 1. The van der Waals surface area contributed by atoms with Crippen molar-refractivity contribution in [1.29, 1.82) is 0 Å². The van der Waals surface area contributed by atoms with Crippen molar-refractivity contribution in [2.45, 2.75) is 25.9 Å². The first-order chi connectivity index (χ1) is 12.0. The average Bonchev–Trinajstić information content (AvgIpc) is 2.60. The molecule has 25 heavy (non-hydrogen) atoms. The zero-order chi connectivity index (χ0) is 17.8. The number of anilines is 2. The largest absolute Gasteiger partial charge is 0.387 e. The molecule has 0 bridgehead atoms. The summed E-state index contributed by atoms with van der Waals surface area (Å²) in [5.74, 6) is 0. The van der Waals surface area contributed by atoms with Crippen LogP contribution in [0.1, 0.15) is 29.2 Å². The Kier molecular flexibility index (Phi) is 5.24. The number of carbonyl (C=O) groups is 1. The third-order valence-electron chi connectivity index (χ3n) is 4.69. The van der Waals surface area contributed by atoms with E-state index < -0.39 is 6.10 Å². The SMILES string of the molecule is Cc1ccccc1C(O)CNC(=O)Nc1ccc2c(c1)CCCN2C. The van der Waals surface area contributed by atoms with E-state index in [0.29, 0.717) is 0 Å². The van der Waals surface area contributed by atoms with Gasteiger partial charge in [-0.2, -0.15) is 0 Å². The van der Waals surface area contributed by atoms with E-state index >= 15 is 0 Å². The van der Waals surface area contributed by atoms with Crippen LogP contribution < -0.4 is 15.5 Å². The van der Waals surface area contributed by atoms with Gasteiger partial charge in [0.2, 0.25) is 0 Å². The molecule has 3 rings (SSSR count). The second kappa shape index (κ2) is 7.57. The molecule has 2 aromatic rings. The lowest BCUT2D eigenvalue weighted by Gasteiger charge is -2.27. The molecule has 0 radical (unpaired) electrons. The first-order valence-electron chi connectivity index (χ1n) is 8.67. The smallest absolute Gasteiger partial charge is 0.319 e. The van der Waals surface area contributed by atoms with Crippen molar-refractivity contribution >= 4 is 17.4 Å². The molecule has 5 nitrogen and oxygen atoms in total. The molecule has 132 valence electrons. The van der Waals surface area contributed by atoms with Gasteiger partial charge in [0.25, 0.3) is 0 Å². The summed E-state index contributed by atoms with van der Waals surface area (Å²) >= 11 is 0. The first kappa shape index (κ1) is 17.3. The van der Waals surface area contributed by atoms with Crippen molar-refractivity contribution in [3.05, 3.63) is 59.2 Å². The lowest BCUT2D eigenvalue weighted by molar-refractivity contribution is 0.174. The van der Waals surface area contributed by atoms with E-state index in [1.807, 2.05) is 49.4 Å². The molecular formula is C20H25N3O2. The van der Waals surface area contributed by atoms with Crippen LogP contribution in [-0.2, 0) is 6.42 Å². The molecule has 1 heterocycles. The highest BCUT2D eigenvalue weighted by Crippen LogP contribution is 2.28. The summed E-state index contributed by atoms with van der Waals surface area (Å²) in [6, 6.07) is 13.3. The number of amides is 2. The standard InChI is InChI=1S/C20H25N3O2/c1-14-6-3-4-8-17(14)19(24)13-21-20(25)22-16-9-10-18-15(12-16)7-5-11-23(18)2/h3-4,6,8-10,12,19,24H,5,7,11,13H2,1-2H3,(H2,21,22,25). The van der Waals surface area contributed by atoms with Gasteiger partial charge in [0.05, 0.1) is 6.10 Å². The molecular weight excluding hydrogens is 314 g/mol. The van der Waals surface area contributed by atoms with Crippen molar-refractivity contribution in [3.63, 3.8) is 0 Å². The maximum atomic E-state index is 12.1. The van der Waals surface area contributed by atoms with Crippen LogP contribution in [0.5, 0.6) is 0 Å². The van der Waals surface area contributed by atoms with E-state index in [2.05, 4.69) is 22.6 Å². The second-order valence-corrected chi connectivity index (χ2v) is 6.58. The molecule has 3 N–H and O–H groups in total. The van der Waals surface area contributed by atoms with Crippen molar-refractivity contribution < 1.29 is 9.90 Å². The zero-order valence-corrected chi connectivity index (χ0v) is 14.7. The van der Waals surface area contributed by atoms with Crippen LogP contribution in [0.2, 0.25) is 0 Å². The minimum absolute atomic E-state index is 0.171. The summed E-state index contributed by atoms with van der Waals surface area (Å²) in [4.78, 5) is 14.4. The Morgan fingerprint density at radius 1 is 1.28 bits per heavy atom. The van der Waals surface area contributed by atoms with Gasteiger partial charge in [-0.3, -0.25) is 0 Å². The molecule has 0 aliphatic carbocycles. The number of aliphatic hydroxyl groups is 1. The molecule has 0 saturated heterocycles. The summed E-state index contributed by atoms with van der Waals surface area (Å²) in [6.45, 7) is 3.18. The average molecular weight is 339 g/mol. The number of fused-ring (bicyclic) bond motifs is 1. The highest BCUT2D eigenvalue weighted by atomic mass is 16.3. The third kappa shape index (κ3) is 4.12. The normalized spacial score (nSPS) is 14.6. The second-order valence-electron chi connectivity index (χ2n) is 6.58. The molecule has 0 spiro atoms. The van der Waals surface area contributed by atoms with Crippen LogP contribution in [0.4, 0.5) is 16.2 Å². The Hall–Kier alpha value is -2.53. The topological polar surface area (TPSA) is 64.6 Å². The summed E-state index contributed by atoms with van der Waals surface area (Å²) in [6.07, 6.45) is 1.44. The lowest BCUT2D eigenvalue weighted by Crippen LogP contribution is -2.32. The number of aryl methyl sites for hydroxylation is 2. The van der Waals surface area contributed by atoms with Gasteiger partial charge >= 0.3 is 6.03 Å². The summed E-state index contributed by atoms with van der Waals surface area (Å²) < 4.78 is 0. The van der Waals surface area contributed by atoms with Crippen molar-refractivity contribution in [2.24, 2.45) is 0 Å². The molecule has 1 aliphatic heterocycles. The maximum absolute atomic E-state index is 12.1. The van der Waals surface area contributed by atoms with Crippen LogP contribution in [0, 0.1) is 6.92 Å². The Labute approximate surface area is 148 Å². The third-order valence-corrected chi connectivity index (χ3v) is 4.69. The van der Waals surface area contributed by atoms with E-state index in [4.69, 9.17) is 0 Å². The fourth-order valence-electron chi connectivity index (χ4n) is 3.30. The van der Waals surface area contributed by atoms with Crippen LogP contribution in [0.25, 0.3) is 0 Å². The fourth-order valence-corrected chi connectivity index (χ4v) is 3.30. The van der Waals surface area contributed by atoms with Crippen LogP contribution >= 0.6 is 0 Å². The predicted octanol–water partition coefficient (Wildman–Crippen LogP) is 3.23. The van der Waals surface area contributed by atoms with Crippen LogP contribution in [-0.4, -0.2) is 31.3 Å². The van der Waals surface area contributed by atoms with Gasteiger partial charge < -0.3 is 20.6 Å². The molecule has 5 heteroatoms. The quantitative estimate of drug-likeness (QED) is 0.801. The van der Waals surface area contributed by atoms with E-state index in [1.165, 1.54) is 11.3 Å². The lowest BCUT2D eigenvalue weighted by atomic mass is 10.0. The summed E-state index contributed by atoms with van der Waals surface area (Å²) in [5.41, 5.74) is 5.10. The Bertz CT molecular complexity index is 760. The molecule has 2 aromatic carbocycles. The van der Waals surface area contributed by atoms with Gasteiger partial charge in [0.15, 0.2) is 0 Å². The summed E-state index contributed by atoms with van der Waals surface area (Å²) in [7, 11) is 2.09. The maximum Gasteiger partial charge on any atom is 0.319 e. The van der Waals surface area contributed by atoms with Crippen LogP contribution in [0.3, 0.4) is 0 Å².